The van der Waals surface area contributed by atoms with Crippen LogP contribution in [0.3, 0.4) is 0 Å². The molecule has 0 spiro atoms. The molecule has 0 unspecified atom stereocenters. The maximum Gasteiger partial charge on any atom is 0.0205 e. The predicted octanol–water partition coefficient (Wildman–Crippen LogP) is 2.33. The molecule has 1 aromatic carbocycles. The molecule has 0 radical (unpaired) electrons. The minimum atomic E-state index is 0.965. The van der Waals surface area contributed by atoms with Gasteiger partial charge in [0.2, 0.25) is 0 Å². The van der Waals surface area contributed by atoms with Crippen molar-refractivity contribution in [3.05, 3.63) is 34.4 Å². The second-order valence-electron chi connectivity index (χ2n) is 3.39. The largest absolute Gasteiger partial charge is 0.316 e. The molecule has 0 saturated carbocycles. The van der Waals surface area contributed by atoms with Crippen molar-refractivity contribution in [3.8, 4) is 0 Å². The molecule has 0 aliphatic heterocycles. The van der Waals surface area contributed by atoms with Crippen molar-refractivity contribution in [2.45, 2.75) is 27.3 Å². The summed E-state index contributed by atoms with van der Waals surface area (Å²) in [4.78, 5) is 0. The Hall–Kier alpha value is -0.820. The lowest BCUT2D eigenvalue weighted by Gasteiger charge is -2.08. The molecule has 0 amide bonds. The first kappa shape index (κ1) is 9.27. The second-order valence-corrected chi connectivity index (χ2v) is 3.39. The molecule has 0 bridgehead atoms. The Labute approximate surface area is 74.8 Å². The standard InChI is InChI=1S/C11H17N/c1-8-5-10(3)11(7-12-4)6-9(8)2/h5-6,12H,7H2,1-4H3. The average Bonchev–Trinajstić information content (AvgIpc) is 2.01. The molecule has 0 aliphatic carbocycles. The Morgan fingerprint density at radius 2 is 1.58 bits per heavy atom. The summed E-state index contributed by atoms with van der Waals surface area (Å²) in [6.45, 7) is 7.45. The van der Waals surface area contributed by atoms with Crippen LogP contribution in [0.4, 0.5) is 0 Å². The van der Waals surface area contributed by atoms with E-state index in [0.717, 1.165) is 6.54 Å². The molecule has 0 saturated heterocycles. The van der Waals surface area contributed by atoms with Gasteiger partial charge in [-0.2, -0.15) is 0 Å². The van der Waals surface area contributed by atoms with Gasteiger partial charge in [-0.15, -0.1) is 0 Å². The van der Waals surface area contributed by atoms with Gasteiger partial charge in [-0.1, -0.05) is 12.1 Å². The number of hydrogen-bond acceptors (Lipinski definition) is 1. The molecule has 0 aliphatic rings. The highest BCUT2D eigenvalue weighted by Crippen LogP contribution is 2.14. The van der Waals surface area contributed by atoms with E-state index in [1.54, 1.807) is 0 Å². The van der Waals surface area contributed by atoms with Crippen LogP contribution in [0.15, 0.2) is 12.1 Å². The van der Waals surface area contributed by atoms with Gasteiger partial charge in [0.05, 0.1) is 0 Å². The summed E-state index contributed by atoms with van der Waals surface area (Å²) >= 11 is 0. The van der Waals surface area contributed by atoms with Crippen LogP contribution in [-0.2, 0) is 6.54 Å². The van der Waals surface area contributed by atoms with Gasteiger partial charge >= 0.3 is 0 Å². The highest BCUT2D eigenvalue weighted by molar-refractivity contribution is 5.36. The van der Waals surface area contributed by atoms with Crippen molar-refractivity contribution in [1.82, 2.24) is 5.32 Å². The summed E-state index contributed by atoms with van der Waals surface area (Å²) in [6, 6.07) is 4.52. The Morgan fingerprint density at radius 1 is 1.00 bits per heavy atom. The highest BCUT2D eigenvalue weighted by Gasteiger charge is 1.99. The van der Waals surface area contributed by atoms with E-state index < -0.39 is 0 Å². The van der Waals surface area contributed by atoms with Gasteiger partial charge in [-0.05, 0) is 50.1 Å². The lowest BCUT2D eigenvalue weighted by molar-refractivity contribution is 0.810. The van der Waals surface area contributed by atoms with E-state index in [4.69, 9.17) is 0 Å². The molecular formula is C11H17N. The molecule has 1 N–H and O–H groups in total. The van der Waals surface area contributed by atoms with Crippen molar-refractivity contribution in [3.63, 3.8) is 0 Å². The van der Waals surface area contributed by atoms with Crippen LogP contribution in [0.2, 0.25) is 0 Å². The average molecular weight is 163 g/mol. The van der Waals surface area contributed by atoms with Crippen molar-refractivity contribution in [2.75, 3.05) is 7.05 Å². The van der Waals surface area contributed by atoms with E-state index >= 15 is 0 Å². The van der Waals surface area contributed by atoms with Crippen LogP contribution in [0.5, 0.6) is 0 Å². The van der Waals surface area contributed by atoms with E-state index in [-0.39, 0.29) is 0 Å². The normalized spacial score (nSPS) is 10.3. The van der Waals surface area contributed by atoms with Gasteiger partial charge in [0, 0.05) is 6.54 Å². The summed E-state index contributed by atoms with van der Waals surface area (Å²) in [7, 11) is 1.98. The second kappa shape index (κ2) is 3.72. The van der Waals surface area contributed by atoms with Crippen molar-refractivity contribution in [1.29, 1.82) is 0 Å². The third-order valence-corrected chi connectivity index (χ3v) is 2.32. The number of benzene rings is 1. The number of aryl methyl sites for hydroxylation is 3. The van der Waals surface area contributed by atoms with Crippen LogP contribution in [0.1, 0.15) is 22.3 Å². The molecule has 0 aromatic heterocycles. The van der Waals surface area contributed by atoms with E-state index in [1.807, 2.05) is 7.05 Å². The molecule has 0 heterocycles. The SMILES string of the molecule is CNCc1cc(C)c(C)cc1C. The molecular weight excluding hydrogens is 146 g/mol. The fourth-order valence-electron chi connectivity index (χ4n) is 1.40. The predicted molar refractivity (Wildman–Crippen MR) is 53.4 cm³/mol. The number of rotatable bonds is 2. The highest BCUT2D eigenvalue weighted by atomic mass is 14.8. The molecule has 66 valence electrons. The molecule has 1 heteroatoms. The lowest BCUT2D eigenvalue weighted by Crippen LogP contribution is -2.07. The molecule has 12 heavy (non-hydrogen) atoms. The number of hydrogen-bond donors (Lipinski definition) is 1. The Kier molecular flexibility index (Phi) is 2.88. The molecule has 1 rings (SSSR count). The first-order valence-electron chi connectivity index (χ1n) is 4.36. The van der Waals surface area contributed by atoms with Crippen molar-refractivity contribution >= 4 is 0 Å². The minimum absolute atomic E-state index is 0.965. The first-order valence-corrected chi connectivity index (χ1v) is 4.36. The van der Waals surface area contributed by atoms with Gasteiger partial charge in [0.1, 0.15) is 0 Å². The van der Waals surface area contributed by atoms with Gasteiger partial charge in [-0.25, -0.2) is 0 Å². The van der Waals surface area contributed by atoms with Gasteiger partial charge in [-0.3, -0.25) is 0 Å². The van der Waals surface area contributed by atoms with E-state index in [1.165, 1.54) is 22.3 Å². The van der Waals surface area contributed by atoms with E-state index in [2.05, 4.69) is 38.2 Å². The zero-order valence-electron chi connectivity index (χ0n) is 8.36. The summed E-state index contributed by atoms with van der Waals surface area (Å²) in [6.07, 6.45) is 0. The summed E-state index contributed by atoms with van der Waals surface area (Å²) in [5.41, 5.74) is 5.55. The number of nitrogens with one attached hydrogen (secondary N) is 1. The quantitative estimate of drug-likeness (QED) is 0.705. The zero-order chi connectivity index (χ0) is 9.14. The Morgan fingerprint density at radius 3 is 2.17 bits per heavy atom. The molecule has 0 fully saturated rings. The lowest BCUT2D eigenvalue weighted by atomic mass is 10.0. The van der Waals surface area contributed by atoms with Crippen molar-refractivity contribution in [2.24, 2.45) is 0 Å². The van der Waals surface area contributed by atoms with Crippen LogP contribution in [0.25, 0.3) is 0 Å². The topological polar surface area (TPSA) is 12.0 Å². The van der Waals surface area contributed by atoms with E-state index in [0.29, 0.717) is 0 Å². The molecule has 1 nitrogen and oxygen atoms in total. The van der Waals surface area contributed by atoms with E-state index in [9.17, 15) is 0 Å². The third kappa shape index (κ3) is 1.86. The minimum Gasteiger partial charge on any atom is -0.316 e. The van der Waals surface area contributed by atoms with Crippen LogP contribution in [0, 0.1) is 20.8 Å². The van der Waals surface area contributed by atoms with Crippen LogP contribution < -0.4 is 5.32 Å². The molecule has 0 atom stereocenters. The summed E-state index contributed by atoms with van der Waals surface area (Å²) in [5, 5.41) is 3.17. The zero-order valence-corrected chi connectivity index (χ0v) is 8.36. The summed E-state index contributed by atoms with van der Waals surface area (Å²) in [5.74, 6) is 0. The monoisotopic (exact) mass is 163 g/mol. The van der Waals surface area contributed by atoms with Crippen molar-refractivity contribution < 1.29 is 0 Å². The first-order chi connectivity index (χ1) is 5.65. The third-order valence-electron chi connectivity index (χ3n) is 2.32. The van der Waals surface area contributed by atoms with Gasteiger partial charge in [0.25, 0.3) is 0 Å². The van der Waals surface area contributed by atoms with Gasteiger partial charge in [0.15, 0.2) is 0 Å². The maximum atomic E-state index is 3.17. The smallest absolute Gasteiger partial charge is 0.0205 e. The Bertz CT molecular complexity index is 277. The Balaban J connectivity index is 3.05. The van der Waals surface area contributed by atoms with Gasteiger partial charge < -0.3 is 5.32 Å². The fourth-order valence-corrected chi connectivity index (χ4v) is 1.40. The maximum absolute atomic E-state index is 3.17. The van der Waals surface area contributed by atoms with Crippen LogP contribution >= 0.6 is 0 Å². The summed E-state index contributed by atoms with van der Waals surface area (Å²) < 4.78 is 0. The molecule has 1 aromatic rings. The van der Waals surface area contributed by atoms with Crippen LogP contribution in [-0.4, -0.2) is 7.05 Å². The fraction of sp³-hybridized carbons (Fsp3) is 0.455.